The Bertz CT molecular complexity index is 1300. The van der Waals surface area contributed by atoms with Crippen LogP contribution in [0.4, 0.5) is 16.0 Å². The molecule has 1 aliphatic heterocycles. The summed E-state index contributed by atoms with van der Waals surface area (Å²) in [5.74, 6) is -2.12. The van der Waals surface area contributed by atoms with Crippen LogP contribution in [0.2, 0.25) is 0 Å². The number of nitrogens with zero attached hydrogens (tertiary/aromatic N) is 4. The van der Waals surface area contributed by atoms with Gasteiger partial charge in [-0.15, -0.1) is 0 Å². The summed E-state index contributed by atoms with van der Waals surface area (Å²) in [4.78, 5) is 45.8. The van der Waals surface area contributed by atoms with Gasteiger partial charge in [-0.05, 0) is 26.0 Å². The van der Waals surface area contributed by atoms with Gasteiger partial charge in [-0.25, -0.2) is 14.4 Å². The van der Waals surface area contributed by atoms with Gasteiger partial charge in [-0.3, -0.25) is 19.1 Å². The summed E-state index contributed by atoms with van der Waals surface area (Å²) in [6.45, 7) is 4.48. The van der Waals surface area contributed by atoms with Crippen LogP contribution in [0.3, 0.4) is 0 Å². The molecule has 0 unspecified atom stereocenters. The first-order chi connectivity index (χ1) is 15.7. The third-order valence-electron chi connectivity index (χ3n) is 5.45. The number of nitrogen functional groups attached to an aromatic ring is 1. The van der Waals surface area contributed by atoms with Gasteiger partial charge in [0.1, 0.15) is 28.8 Å². The zero-order chi connectivity index (χ0) is 23.9. The minimum atomic E-state index is -1.69. The molecule has 1 atom stereocenters. The highest BCUT2D eigenvalue weighted by atomic mass is 19.1. The van der Waals surface area contributed by atoms with E-state index in [2.05, 4.69) is 20.4 Å². The first-order valence-corrected chi connectivity index (χ1v) is 10.2. The smallest absolute Gasteiger partial charge is 0.326 e. The molecule has 170 valence electrons. The molecule has 3 N–H and O–H groups in total. The van der Waals surface area contributed by atoms with Gasteiger partial charge in [-0.1, -0.05) is 18.2 Å². The molecule has 1 amide bonds. The van der Waals surface area contributed by atoms with Crippen molar-refractivity contribution in [2.75, 3.05) is 17.7 Å². The molecule has 1 aromatic carbocycles. The number of carbonyl (C=O) groups is 3. The largest absolute Gasteiger partial charge is 0.465 e. The number of fused-ring (bicyclic) bond motifs is 1. The van der Waals surface area contributed by atoms with E-state index in [1.165, 1.54) is 30.7 Å². The maximum Gasteiger partial charge on any atom is 0.326 e. The number of nitrogens with one attached hydrogen (secondary N) is 1. The Labute approximate surface area is 188 Å². The predicted octanol–water partition coefficient (Wildman–Crippen LogP) is 2.09. The van der Waals surface area contributed by atoms with Crippen LogP contribution in [0.15, 0.2) is 30.3 Å². The highest BCUT2D eigenvalue weighted by Crippen LogP contribution is 2.41. The van der Waals surface area contributed by atoms with E-state index in [-0.39, 0.29) is 53.3 Å². The minimum absolute atomic E-state index is 0.0136. The molecule has 10 nitrogen and oxygen atoms in total. The van der Waals surface area contributed by atoms with E-state index >= 15 is 0 Å². The number of halogens is 1. The predicted molar refractivity (Wildman–Crippen MR) is 116 cm³/mol. The lowest BCUT2D eigenvalue weighted by atomic mass is 9.84. The number of anilines is 2. The highest BCUT2D eigenvalue weighted by Gasteiger charge is 2.53. The van der Waals surface area contributed by atoms with E-state index in [0.717, 1.165) is 0 Å². The van der Waals surface area contributed by atoms with E-state index in [0.29, 0.717) is 5.56 Å². The number of ether oxygens (including phenoxy) is 1. The normalized spacial score (nSPS) is 16.9. The third kappa shape index (κ3) is 3.60. The number of ketones is 1. The number of aromatic nitrogens is 4. The van der Waals surface area contributed by atoms with Crippen molar-refractivity contribution in [3.8, 4) is 11.5 Å². The number of carbonyl (C=O) groups excluding carboxylic acids is 3. The monoisotopic (exact) mass is 452 g/mol. The molecule has 2 aromatic heterocycles. The molecule has 11 heteroatoms. The van der Waals surface area contributed by atoms with Crippen molar-refractivity contribution < 1.29 is 23.5 Å². The molecule has 1 aliphatic rings. The maximum atomic E-state index is 14.1. The molecule has 0 saturated heterocycles. The molecule has 33 heavy (non-hydrogen) atoms. The second-order valence-electron chi connectivity index (χ2n) is 7.68. The van der Waals surface area contributed by atoms with Crippen molar-refractivity contribution in [3.63, 3.8) is 0 Å². The molecular weight excluding hydrogens is 431 g/mol. The molecule has 3 aromatic rings. The summed E-state index contributed by atoms with van der Waals surface area (Å²) in [6, 6.07) is 7.63. The van der Waals surface area contributed by atoms with Gasteiger partial charge in [0.05, 0.1) is 18.7 Å². The lowest BCUT2D eigenvalue weighted by Crippen LogP contribution is -2.41. The summed E-state index contributed by atoms with van der Waals surface area (Å²) in [6.07, 6.45) is 0. The maximum absolute atomic E-state index is 14.1. The number of amides is 1. The average Bonchev–Trinajstić information content (AvgIpc) is 3.30. The molecule has 0 fully saturated rings. The van der Waals surface area contributed by atoms with Crippen LogP contribution in [0.5, 0.6) is 0 Å². The van der Waals surface area contributed by atoms with Crippen LogP contribution in [-0.4, -0.2) is 44.0 Å². The quantitative estimate of drug-likeness (QED) is 0.329. The third-order valence-corrected chi connectivity index (χ3v) is 5.45. The molecule has 0 saturated carbocycles. The second-order valence-corrected chi connectivity index (χ2v) is 7.68. The summed E-state index contributed by atoms with van der Waals surface area (Å²) < 4.78 is 20.5. The number of esters is 1. The van der Waals surface area contributed by atoms with Gasteiger partial charge in [-0.2, -0.15) is 5.10 Å². The highest BCUT2D eigenvalue weighted by molar-refractivity contribution is 6.19. The number of hydrogen-bond donors (Lipinski definition) is 2. The Morgan fingerprint density at radius 3 is 2.67 bits per heavy atom. The first kappa shape index (κ1) is 22.1. The van der Waals surface area contributed by atoms with E-state index in [1.54, 1.807) is 25.1 Å². The Balaban J connectivity index is 1.77. The van der Waals surface area contributed by atoms with Crippen LogP contribution in [0.1, 0.15) is 42.4 Å². The Morgan fingerprint density at radius 1 is 1.27 bits per heavy atom. The van der Waals surface area contributed by atoms with Gasteiger partial charge >= 0.3 is 5.97 Å². The van der Waals surface area contributed by atoms with Crippen molar-refractivity contribution in [2.24, 2.45) is 0 Å². The molecule has 3 heterocycles. The molecule has 0 bridgehead atoms. The lowest BCUT2D eigenvalue weighted by Gasteiger charge is -2.20. The second kappa shape index (κ2) is 8.08. The average molecular weight is 452 g/mol. The summed E-state index contributed by atoms with van der Waals surface area (Å²) in [5.41, 5.74) is 5.32. The number of hydrogen-bond acceptors (Lipinski definition) is 8. The van der Waals surface area contributed by atoms with Crippen LogP contribution in [0, 0.1) is 5.82 Å². The van der Waals surface area contributed by atoms with Gasteiger partial charge < -0.3 is 15.8 Å². The van der Waals surface area contributed by atoms with Gasteiger partial charge in [0, 0.05) is 12.5 Å². The van der Waals surface area contributed by atoms with Crippen molar-refractivity contribution >= 4 is 29.3 Å². The van der Waals surface area contributed by atoms with Crippen LogP contribution < -0.4 is 11.1 Å². The van der Waals surface area contributed by atoms with Gasteiger partial charge in [0.15, 0.2) is 17.0 Å². The fourth-order valence-electron chi connectivity index (χ4n) is 3.71. The zero-order valence-electron chi connectivity index (χ0n) is 18.2. The topological polar surface area (TPSA) is 142 Å². The van der Waals surface area contributed by atoms with Crippen molar-refractivity contribution in [3.05, 3.63) is 53.0 Å². The zero-order valence-corrected chi connectivity index (χ0v) is 18.2. The minimum Gasteiger partial charge on any atom is -0.465 e. The van der Waals surface area contributed by atoms with Crippen LogP contribution in [0.25, 0.3) is 11.5 Å². The number of benzene rings is 1. The number of nitrogens with two attached hydrogens (primary N) is 1. The number of rotatable bonds is 6. The lowest BCUT2D eigenvalue weighted by molar-refractivity contribution is -0.152. The van der Waals surface area contributed by atoms with E-state index in [4.69, 9.17) is 10.5 Å². The van der Waals surface area contributed by atoms with E-state index in [9.17, 15) is 18.8 Å². The molecular formula is C22H21FN6O4. The Kier molecular flexibility index (Phi) is 5.40. The van der Waals surface area contributed by atoms with Crippen molar-refractivity contribution in [2.45, 2.75) is 32.7 Å². The molecule has 0 radical (unpaired) electrons. The van der Waals surface area contributed by atoms with Gasteiger partial charge in [0.25, 0.3) is 0 Å². The summed E-state index contributed by atoms with van der Waals surface area (Å²) in [7, 11) is 0. The SMILES string of the molecule is CCOC(=O)[C@]1(C)C(=O)Nc2nc(-c3cc(C(C)=O)n(Cc4ccccc4F)n3)nc(N)c21. The van der Waals surface area contributed by atoms with Crippen molar-refractivity contribution in [1.82, 2.24) is 19.7 Å². The Morgan fingerprint density at radius 2 is 2.00 bits per heavy atom. The summed E-state index contributed by atoms with van der Waals surface area (Å²) >= 11 is 0. The van der Waals surface area contributed by atoms with E-state index in [1.807, 2.05) is 0 Å². The standard InChI is InChI=1S/C22H21FN6O4/c1-4-33-21(32)22(3)16-17(24)25-18(26-19(16)27-20(22)31)14-9-15(11(2)30)29(28-14)10-12-7-5-6-8-13(12)23/h5-9H,4,10H2,1-3H3,(H3,24,25,26,27,31)/t22-/m0/s1. The molecule has 0 aliphatic carbocycles. The van der Waals surface area contributed by atoms with Crippen molar-refractivity contribution in [1.29, 1.82) is 0 Å². The van der Waals surface area contributed by atoms with Crippen LogP contribution in [-0.2, 0) is 26.3 Å². The molecule has 0 spiro atoms. The van der Waals surface area contributed by atoms with E-state index < -0.39 is 23.1 Å². The van der Waals surface area contributed by atoms with Gasteiger partial charge in [0.2, 0.25) is 5.91 Å². The molecule has 4 rings (SSSR count). The fraction of sp³-hybridized carbons (Fsp3) is 0.273. The number of Topliss-reactive ketones (excluding diaryl/α,β-unsaturated/α-hetero) is 1. The Hall–Kier alpha value is -4.15. The first-order valence-electron chi connectivity index (χ1n) is 10.2. The van der Waals surface area contributed by atoms with Crippen LogP contribution >= 0.6 is 0 Å². The summed E-state index contributed by atoms with van der Waals surface area (Å²) in [5, 5.41) is 6.92. The fourth-order valence-corrected chi connectivity index (χ4v) is 3.71.